The van der Waals surface area contributed by atoms with E-state index >= 15 is 0 Å². The van der Waals surface area contributed by atoms with E-state index in [4.69, 9.17) is 22.3 Å². The Balaban J connectivity index is 1.89. The molecule has 0 bridgehead atoms. The molecular weight excluding hydrogens is 440 g/mol. The van der Waals surface area contributed by atoms with Crippen molar-refractivity contribution in [2.75, 3.05) is 5.32 Å². The number of amides is 1. The number of unbranched alkanes of at least 4 members (excludes halogenated alkanes) is 1. The Morgan fingerprint density at radius 2 is 1.66 bits per heavy atom. The Kier molecular flexibility index (Phi) is 6.55. The maximum atomic E-state index is 12.3. The van der Waals surface area contributed by atoms with E-state index in [1.165, 1.54) is 0 Å². The zero-order chi connectivity index (χ0) is 25.1. The first-order valence-electron chi connectivity index (χ1n) is 11.4. The molecule has 0 fully saturated rings. The molecule has 0 aliphatic heterocycles. The van der Waals surface area contributed by atoms with E-state index in [1.54, 1.807) is 42.5 Å². The number of nitrogens with one attached hydrogen (secondary N) is 4. The third-order valence-corrected chi connectivity index (χ3v) is 5.90. The molecule has 0 unspecified atom stereocenters. The fourth-order valence-corrected chi connectivity index (χ4v) is 4.05. The monoisotopic (exact) mass is 468 g/mol. The van der Waals surface area contributed by atoms with Crippen LogP contribution in [0.3, 0.4) is 0 Å². The first-order chi connectivity index (χ1) is 16.8. The van der Waals surface area contributed by atoms with Gasteiger partial charge in [-0.1, -0.05) is 49.7 Å². The van der Waals surface area contributed by atoms with Crippen LogP contribution in [-0.4, -0.2) is 27.7 Å². The summed E-state index contributed by atoms with van der Waals surface area (Å²) in [6, 6.07) is 17.6. The van der Waals surface area contributed by atoms with Gasteiger partial charge in [0.05, 0.1) is 5.69 Å². The van der Waals surface area contributed by atoms with Crippen LogP contribution in [0, 0.1) is 10.8 Å². The maximum absolute atomic E-state index is 12.3. The summed E-state index contributed by atoms with van der Waals surface area (Å²) in [5, 5.41) is 30.0. The molecule has 1 amide bonds. The molecule has 3 aromatic carbocycles. The predicted molar refractivity (Wildman–Crippen MR) is 141 cm³/mol. The Labute approximate surface area is 203 Å². The third kappa shape index (κ3) is 4.86. The average Bonchev–Trinajstić information content (AvgIpc) is 3.22. The van der Waals surface area contributed by atoms with E-state index in [-0.39, 0.29) is 23.3 Å². The Bertz CT molecular complexity index is 1440. The van der Waals surface area contributed by atoms with Crippen LogP contribution >= 0.6 is 0 Å². The summed E-state index contributed by atoms with van der Waals surface area (Å²) in [6.07, 6.45) is 2.16. The number of hydrogen-bond donors (Lipinski definition) is 7. The van der Waals surface area contributed by atoms with Gasteiger partial charge in [-0.05, 0) is 36.2 Å². The number of aromatic amines is 1. The summed E-state index contributed by atoms with van der Waals surface area (Å²) in [7, 11) is 0. The fraction of sp³-hybridized carbons (Fsp3) is 0.148. The van der Waals surface area contributed by atoms with E-state index in [0.29, 0.717) is 28.8 Å². The van der Waals surface area contributed by atoms with Gasteiger partial charge in [0, 0.05) is 45.3 Å². The fourth-order valence-electron chi connectivity index (χ4n) is 4.05. The summed E-state index contributed by atoms with van der Waals surface area (Å²) < 4.78 is 0. The number of phenols is 1. The van der Waals surface area contributed by atoms with Crippen molar-refractivity contribution in [2.24, 2.45) is 11.5 Å². The second-order valence-corrected chi connectivity index (χ2v) is 8.42. The van der Waals surface area contributed by atoms with Crippen molar-refractivity contribution >= 4 is 34.2 Å². The topological polar surface area (TPSA) is 165 Å². The van der Waals surface area contributed by atoms with Crippen LogP contribution in [0.5, 0.6) is 5.75 Å². The molecule has 9 N–H and O–H groups in total. The SMILES string of the molecule is CCCCC(=O)Nc1ccc(O)c(-c2c(-c3ccc(C(=N)N)cc3)[nH]c3cc(C(=N)N)ccc23)c1. The normalized spacial score (nSPS) is 10.9. The summed E-state index contributed by atoms with van der Waals surface area (Å²) >= 11 is 0. The van der Waals surface area contributed by atoms with Gasteiger partial charge in [-0.15, -0.1) is 0 Å². The highest BCUT2D eigenvalue weighted by Crippen LogP contribution is 2.43. The van der Waals surface area contributed by atoms with Crippen molar-refractivity contribution in [3.63, 3.8) is 0 Å². The van der Waals surface area contributed by atoms with E-state index < -0.39 is 0 Å². The molecule has 0 radical (unpaired) electrons. The molecule has 8 nitrogen and oxygen atoms in total. The summed E-state index contributed by atoms with van der Waals surface area (Å²) in [4.78, 5) is 15.7. The number of hydrogen-bond acceptors (Lipinski definition) is 4. The first kappa shape index (κ1) is 23.6. The number of amidine groups is 2. The van der Waals surface area contributed by atoms with E-state index in [0.717, 1.165) is 40.6 Å². The minimum absolute atomic E-state index is 0.0244. The van der Waals surface area contributed by atoms with Crippen molar-refractivity contribution < 1.29 is 9.90 Å². The van der Waals surface area contributed by atoms with Crippen molar-refractivity contribution in [1.29, 1.82) is 10.8 Å². The zero-order valence-electron chi connectivity index (χ0n) is 19.4. The number of nitrogens with two attached hydrogens (primary N) is 2. The number of aromatic hydroxyl groups is 1. The number of H-pyrrole nitrogens is 1. The number of phenolic OH excluding ortho intramolecular Hbond substituents is 1. The lowest BCUT2D eigenvalue weighted by molar-refractivity contribution is -0.116. The third-order valence-electron chi connectivity index (χ3n) is 5.90. The van der Waals surface area contributed by atoms with Gasteiger partial charge in [-0.2, -0.15) is 0 Å². The number of nitrogen functional groups attached to an aromatic ring is 2. The minimum atomic E-state index is -0.0754. The molecule has 0 aliphatic carbocycles. The maximum Gasteiger partial charge on any atom is 0.224 e. The van der Waals surface area contributed by atoms with Crippen molar-refractivity contribution in [3.8, 4) is 28.1 Å². The molecule has 0 saturated carbocycles. The van der Waals surface area contributed by atoms with E-state index in [9.17, 15) is 9.90 Å². The second kappa shape index (κ2) is 9.72. The van der Waals surface area contributed by atoms with Gasteiger partial charge < -0.3 is 26.9 Å². The average molecular weight is 469 g/mol. The predicted octanol–water partition coefficient (Wildman–Crippen LogP) is 4.90. The summed E-state index contributed by atoms with van der Waals surface area (Å²) in [5.74, 6) is -0.0815. The summed E-state index contributed by atoms with van der Waals surface area (Å²) in [6.45, 7) is 2.03. The van der Waals surface area contributed by atoms with Gasteiger partial charge in [0.2, 0.25) is 5.91 Å². The Morgan fingerprint density at radius 1 is 0.971 bits per heavy atom. The quantitative estimate of drug-likeness (QED) is 0.111. The number of carbonyl (C=O) groups excluding carboxylic acids is 1. The number of fused-ring (bicyclic) bond motifs is 1. The highest BCUT2D eigenvalue weighted by atomic mass is 16.3. The largest absolute Gasteiger partial charge is 0.507 e. The molecule has 4 rings (SSSR count). The molecule has 4 aromatic rings. The molecule has 0 aliphatic rings. The molecule has 0 saturated heterocycles. The number of benzene rings is 3. The number of rotatable bonds is 8. The van der Waals surface area contributed by atoms with Crippen LogP contribution in [0.25, 0.3) is 33.3 Å². The number of aromatic nitrogens is 1. The van der Waals surface area contributed by atoms with Gasteiger partial charge in [0.15, 0.2) is 0 Å². The second-order valence-electron chi connectivity index (χ2n) is 8.42. The van der Waals surface area contributed by atoms with Gasteiger partial charge in [-0.3, -0.25) is 15.6 Å². The molecule has 0 atom stereocenters. The smallest absolute Gasteiger partial charge is 0.224 e. The Hall–Kier alpha value is -4.59. The van der Waals surface area contributed by atoms with Crippen molar-refractivity contribution in [1.82, 2.24) is 4.98 Å². The summed E-state index contributed by atoms with van der Waals surface area (Å²) in [5.41, 5.74) is 16.7. The van der Waals surface area contributed by atoms with Gasteiger partial charge in [-0.25, -0.2) is 0 Å². The lowest BCUT2D eigenvalue weighted by Gasteiger charge is -2.12. The number of carbonyl (C=O) groups is 1. The number of anilines is 1. The lowest BCUT2D eigenvalue weighted by Crippen LogP contribution is -2.11. The molecule has 1 heterocycles. The highest BCUT2D eigenvalue weighted by molar-refractivity contribution is 6.08. The molecule has 178 valence electrons. The van der Waals surface area contributed by atoms with Crippen molar-refractivity contribution in [2.45, 2.75) is 26.2 Å². The first-order valence-corrected chi connectivity index (χ1v) is 11.4. The van der Waals surface area contributed by atoms with Crippen LogP contribution < -0.4 is 16.8 Å². The molecule has 8 heteroatoms. The molecule has 0 spiro atoms. The minimum Gasteiger partial charge on any atom is -0.507 e. The van der Waals surface area contributed by atoms with Crippen LogP contribution in [0.4, 0.5) is 5.69 Å². The molecule has 1 aromatic heterocycles. The van der Waals surface area contributed by atoms with Crippen LogP contribution in [0.1, 0.15) is 37.3 Å². The van der Waals surface area contributed by atoms with E-state index in [1.807, 2.05) is 25.1 Å². The van der Waals surface area contributed by atoms with Crippen LogP contribution in [0.2, 0.25) is 0 Å². The van der Waals surface area contributed by atoms with Gasteiger partial charge in [0.25, 0.3) is 0 Å². The molecule has 35 heavy (non-hydrogen) atoms. The standard InChI is InChI=1S/C27H28N6O2/c1-2-3-4-23(35)32-18-10-12-22(34)20(14-18)24-19-11-9-17(27(30)31)13-21(19)33-25(24)15-5-7-16(8-6-15)26(28)29/h5-14,33-34H,2-4H2,1H3,(H3,28,29)(H3,30,31)(H,32,35). The molecular formula is C27H28N6O2. The highest BCUT2D eigenvalue weighted by Gasteiger charge is 2.19. The lowest BCUT2D eigenvalue weighted by atomic mass is 9.96. The van der Waals surface area contributed by atoms with Crippen LogP contribution in [0.15, 0.2) is 60.7 Å². The van der Waals surface area contributed by atoms with Gasteiger partial charge in [0.1, 0.15) is 17.4 Å². The Morgan fingerprint density at radius 3 is 2.31 bits per heavy atom. The van der Waals surface area contributed by atoms with Gasteiger partial charge >= 0.3 is 0 Å². The van der Waals surface area contributed by atoms with Crippen LogP contribution in [-0.2, 0) is 4.79 Å². The van der Waals surface area contributed by atoms with Crippen molar-refractivity contribution in [3.05, 3.63) is 71.8 Å². The van der Waals surface area contributed by atoms with E-state index in [2.05, 4.69) is 10.3 Å². The zero-order valence-corrected chi connectivity index (χ0v) is 19.4.